The van der Waals surface area contributed by atoms with Gasteiger partial charge in [0.15, 0.2) is 0 Å². The Balaban J connectivity index is 1.85. The van der Waals surface area contributed by atoms with Gasteiger partial charge in [0.2, 0.25) is 0 Å². The standard InChI is InChI=1S/C24H32O3/c1-24(2,27)15-5-3-4-6-19-7-9-20(10-8-19)11-12-21-13-14-22(17-25)23(16-21)18-26/h7-14,16,25-27H,3-6,15,17-18H2,1-2H3/b12-11+. The van der Waals surface area contributed by atoms with Crippen LogP contribution >= 0.6 is 0 Å². The number of rotatable bonds is 10. The monoisotopic (exact) mass is 368 g/mol. The van der Waals surface area contributed by atoms with Crippen LogP contribution in [0, 0.1) is 0 Å². The second-order valence-corrected chi connectivity index (χ2v) is 7.79. The first-order valence-electron chi connectivity index (χ1n) is 9.74. The van der Waals surface area contributed by atoms with Crippen molar-refractivity contribution in [2.24, 2.45) is 0 Å². The summed E-state index contributed by atoms with van der Waals surface area (Å²) in [5.41, 5.74) is 4.46. The molecule has 0 aromatic heterocycles. The molecule has 0 saturated carbocycles. The lowest BCUT2D eigenvalue weighted by Crippen LogP contribution is -2.17. The van der Waals surface area contributed by atoms with Crippen LogP contribution in [0.2, 0.25) is 0 Å². The average molecular weight is 369 g/mol. The zero-order chi connectivity index (χ0) is 19.7. The maximum atomic E-state index is 9.72. The predicted octanol–water partition coefficient (Wildman–Crippen LogP) is 4.72. The summed E-state index contributed by atoms with van der Waals surface area (Å²) in [6.45, 7) is 3.61. The van der Waals surface area contributed by atoms with Gasteiger partial charge in [-0.25, -0.2) is 0 Å². The van der Waals surface area contributed by atoms with Gasteiger partial charge in [-0.1, -0.05) is 61.4 Å². The van der Waals surface area contributed by atoms with Crippen molar-refractivity contribution in [2.75, 3.05) is 0 Å². The summed E-state index contributed by atoms with van der Waals surface area (Å²) in [5.74, 6) is 0. The van der Waals surface area contributed by atoms with E-state index in [1.54, 1.807) is 0 Å². The maximum absolute atomic E-state index is 9.72. The highest BCUT2D eigenvalue weighted by atomic mass is 16.3. The van der Waals surface area contributed by atoms with E-state index in [9.17, 15) is 15.3 Å². The Hall–Kier alpha value is -1.94. The van der Waals surface area contributed by atoms with Crippen LogP contribution in [0.5, 0.6) is 0 Å². The quantitative estimate of drug-likeness (QED) is 0.420. The molecule has 2 rings (SSSR count). The first-order valence-corrected chi connectivity index (χ1v) is 9.74. The van der Waals surface area contributed by atoms with Crippen LogP contribution in [-0.2, 0) is 19.6 Å². The van der Waals surface area contributed by atoms with Gasteiger partial charge in [-0.15, -0.1) is 0 Å². The molecular weight excluding hydrogens is 336 g/mol. The summed E-state index contributed by atoms with van der Waals surface area (Å²) >= 11 is 0. The van der Waals surface area contributed by atoms with Crippen LogP contribution in [0.25, 0.3) is 12.2 Å². The third kappa shape index (κ3) is 7.67. The summed E-state index contributed by atoms with van der Waals surface area (Å²) in [6, 6.07) is 14.3. The fourth-order valence-electron chi connectivity index (χ4n) is 3.10. The van der Waals surface area contributed by atoms with Crippen molar-refractivity contribution < 1.29 is 15.3 Å². The van der Waals surface area contributed by atoms with Crippen LogP contribution in [0.3, 0.4) is 0 Å². The third-order valence-corrected chi connectivity index (χ3v) is 4.77. The van der Waals surface area contributed by atoms with Crippen molar-refractivity contribution in [1.82, 2.24) is 0 Å². The van der Waals surface area contributed by atoms with E-state index < -0.39 is 5.60 Å². The normalized spacial score (nSPS) is 12.0. The van der Waals surface area contributed by atoms with Gasteiger partial charge >= 0.3 is 0 Å². The van der Waals surface area contributed by atoms with E-state index in [-0.39, 0.29) is 13.2 Å². The van der Waals surface area contributed by atoms with Crippen molar-refractivity contribution in [3.63, 3.8) is 0 Å². The molecule has 0 heterocycles. The van der Waals surface area contributed by atoms with E-state index in [1.165, 1.54) is 5.56 Å². The smallest absolute Gasteiger partial charge is 0.0685 e. The lowest BCUT2D eigenvalue weighted by molar-refractivity contribution is 0.0681. The Morgan fingerprint density at radius 1 is 0.778 bits per heavy atom. The Morgan fingerprint density at radius 2 is 1.41 bits per heavy atom. The molecule has 0 aliphatic heterocycles. The Morgan fingerprint density at radius 3 is 2.04 bits per heavy atom. The van der Waals surface area contributed by atoms with Gasteiger partial charge in [0.1, 0.15) is 0 Å². The van der Waals surface area contributed by atoms with E-state index >= 15 is 0 Å². The van der Waals surface area contributed by atoms with Crippen molar-refractivity contribution in [3.8, 4) is 0 Å². The highest BCUT2D eigenvalue weighted by molar-refractivity contribution is 5.70. The van der Waals surface area contributed by atoms with Crippen molar-refractivity contribution in [1.29, 1.82) is 0 Å². The second kappa shape index (κ2) is 10.4. The molecule has 0 unspecified atom stereocenters. The average Bonchev–Trinajstić information content (AvgIpc) is 2.66. The fraction of sp³-hybridized carbons (Fsp3) is 0.417. The minimum Gasteiger partial charge on any atom is -0.392 e. The van der Waals surface area contributed by atoms with Crippen molar-refractivity contribution >= 4 is 12.2 Å². The number of aliphatic hydroxyl groups is 3. The molecule has 0 spiro atoms. The van der Waals surface area contributed by atoms with Gasteiger partial charge in [0.05, 0.1) is 18.8 Å². The lowest BCUT2D eigenvalue weighted by Gasteiger charge is -2.16. The topological polar surface area (TPSA) is 60.7 Å². The Labute approximate surface area is 163 Å². The molecule has 3 heteroatoms. The third-order valence-electron chi connectivity index (χ3n) is 4.77. The van der Waals surface area contributed by atoms with Gasteiger partial charge in [-0.3, -0.25) is 0 Å². The number of unbranched alkanes of at least 4 members (excludes halogenated alkanes) is 2. The van der Waals surface area contributed by atoms with Gasteiger partial charge in [0, 0.05) is 0 Å². The summed E-state index contributed by atoms with van der Waals surface area (Å²) < 4.78 is 0. The summed E-state index contributed by atoms with van der Waals surface area (Å²) in [5, 5.41) is 28.4. The molecule has 0 fully saturated rings. The van der Waals surface area contributed by atoms with Crippen LogP contribution in [-0.4, -0.2) is 20.9 Å². The molecule has 0 saturated heterocycles. The molecule has 3 N–H and O–H groups in total. The number of aliphatic hydroxyl groups excluding tert-OH is 2. The Bertz CT molecular complexity index is 724. The van der Waals surface area contributed by atoms with Crippen LogP contribution in [0.15, 0.2) is 42.5 Å². The summed E-state index contributed by atoms with van der Waals surface area (Å²) in [4.78, 5) is 0. The minimum absolute atomic E-state index is 0.0564. The predicted molar refractivity (Wildman–Crippen MR) is 112 cm³/mol. The molecule has 0 aliphatic carbocycles. The zero-order valence-corrected chi connectivity index (χ0v) is 16.5. The maximum Gasteiger partial charge on any atom is 0.0685 e. The molecule has 0 bridgehead atoms. The SMILES string of the molecule is CC(C)(O)CCCCCc1ccc(/C=C/c2ccc(CO)c(CO)c2)cc1. The van der Waals surface area contributed by atoms with E-state index in [1.807, 2.05) is 38.1 Å². The number of hydrogen-bond acceptors (Lipinski definition) is 3. The largest absolute Gasteiger partial charge is 0.392 e. The fourth-order valence-corrected chi connectivity index (χ4v) is 3.10. The molecule has 0 amide bonds. The van der Waals surface area contributed by atoms with Gasteiger partial charge < -0.3 is 15.3 Å². The molecule has 0 atom stereocenters. The van der Waals surface area contributed by atoms with E-state index in [4.69, 9.17) is 0 Å². The Kier molecular flexibility index (Phi) is 8.23. The second-order valence-electron chi connectivity index (χ2n) is 7.79. The minimum atomic E-state index is -0.551. The van der Waals surface area contributed by atoms with E-state index in [2.05, 4.69) is 30.3 Å². The molecule has 0 radical (unpaired) electrons. The van der Waals surface area contributed by atoms with Gasteiger partial charge in [0.25, 0.3) is 0 Å². The number of benzene rings is 2. The van der Waals surface area contributed by atoms with Crippen LogP contribution < -0.4 is 0 Å². The van der Waals surface area contributed by atoms with E-state index in [0.717, 1.165) is 54.4 Å². The molecule has 0 aliphatic rings. The number of aryl methyl sites for hydroxylation is 1. The highest BCUT2D eigenvalue weighted by Gasteiger charge is 2.10. The van der Waals surface area contributed by atoms with E-state index in [0.29, 0.717) is 0 Å². The highest BCUT2D eigenvalue weighted by Crippen LogP contribution is 2.17. The molecule has 2 aromatic carbocycles. The first kappa shape index (κ1) is 21.4. The van der Waals surface area contributed by atoms with Crippen LogP contribution in [0.1, 0.15) is 67.3 Å². The molecule has 27 heavy (non-hydrogen) atoms. The van der Waals surface area contributed by atoms with Gasteiger partial charge in [-0.2, -0.15) is 0 Å². The zero-order valence-electron chi connectivity index (χ0n) is 16.5. The molecule has 146 valence electrons. The van der Waals surface area contributed by atoms with Crippen molar-refractivity contribution in [2.45, 2.75) is 64.8 Å². The first-order chi connectivity index (χ1) is 12.9. The summed E-state index contributed by atoms with van der Waals surface area (Å²) in [6.07, 6.45) is 9.35. The summed E-state index contributed by atoms with van der Waals surface area (Å²) in [7, 11) is 0. The van der Waals surface area contributed by atoms with Crippen molar-refractivity contribution in [3.05, 3.63) is 70.3 Å². The molecule has 3 nitrogen and oxygen atoms in total. The van der Waals surface area contributed by atoms with Gasteiger partial charge in [-0.05, 0) is 67.0 Å². The van der Waals surface area contributed by atoms with Crippen LogP contribution in [0.4, 0.5) is 0 Å². The molecular formula is C24H32O3. The molecule has 2 aromatic rings. The lowest BCUT2D eigenvalue weighted by atomic mass is 9.99. The number of hydrogen-bond donors (Lipinski definition) is 3.